The van der Waals surface area contributed by atoms with Crippen LogP contribution in [0.15, 0.2) is 0 Å². The van der Waals surface area contributed by atoms with Crippen molar-refractivity contribution in [2.75, 3.05) is 13.2 Å². The van der Waals surface area contributed by atoms with E-state index in [-0.39, 0.29) is 42.8 Å². The first-order valence-electron chi connectivity index (χ1n) is 1.88. The maximum absolute atomic E-state index is 8.45. The van der Waals surface area contributed by atoms with Crippen molar-refractivity contribution >= 4 is 9.47 Å². The van der Waals surface area contributed by atoms with Gasteiger partial charge in [0.2, 0.25) is 0 Å². The topological polar surface area (TPSA) is 49.7 Å². The van der Waals surface area contributed by atoms with Gasteiger partial charge in [0.1, 0.15) is 0 Å². The molecule has 0 aliphatic heterocycles. The summed E-state index contributed by atoms with van der Waals surface area (Å²) in [5.74, 6) is 0. The third-order valence-corrected chi connectivity index (χ3v) is 0.653. The molecule has 0 aliphatic rings. The van der Waals surface area contributed by atoms with Crippen LogP contribution in [0.2, 0.25) is 0 Å². The summed E-state index contributed by atoms with van der Waals surface area (Å²) in [4.78, 5) is 0. The van der Waals surface area contributed by atoms with Crippen LogP contribution >= 0.6 is 9.47 Å². The number of aliphatic hydroxyl groups excluding tert-OH is 2. The minimum absolute atomic E-state index is 0. The van der Waals surface area contributed by atoms with Gasteiger partial charge in [-0.1, -0.05) is 0 Å². The molecule has 2 N–H and O–H groups in total. The molecule has 1 unspecified atom stereocenters. The van der Waals surface area contributed by atoms with Crippen LogP contribution in [0.25, 0.3) is 0 Å². The Kier molecular flexibility index (Phi) is 12.5. The maximum Gasteiger partial charge on any atom is 1.00 e. The molecule has 0 aliphatic carbocycles. The molecular formula is C3H8NaO3P. The summed E-state index contributed by atoms with van der Waals surface area (Å²) in [6.45, 7) is -0.141. The first-order chi connectivity index (χ1) is 3.31. The number of hydrogen-bond donors (Lipinski definition) is 2. The van der Waals surface area contributed by atoms with Gasteiger partial charge in [0.05, 0.1) is 12.7 Å². The Morgan fingerprint density at radius 1 is 1.62 bits per heavy atom. The van der Waals surface area contributed by atoms with E-state index < -0.39 is 6.10 Å². The standard InChI is InChI=1S/C3H8O3P.Na/c4-1-3(5)2-6-7;/h3-5,7H,1-2H2;/q-1;+1. The molecule has 0 amide bonds. The van der Waals surface area contributed by atoms with E-state index in [1.54, 1.807) is 0 Å². The van der Waals surface area contributed by atoms with Gasteiger partial charge in [-0.15, -0.1) is 0 Å². The largest absolute Gasteiger partial charge is 1.00 e. The van der Waals surface area contributed by atoms with Crippen molar-refractivity contribution < 1.29 is 44.3 Å². The van der Waals surface area contributed by atoms with Crippen LogP contribution in [0.4, 0.5) is 0 Å². The zero-order valence-electron chi connectivity index (χ0n) is 4.79. The summed E-state index contributed by atoms with van der Waals surface area (Å²) >= 11 is 0. The van der Waals surface area contributed by atoms with E-state index in [4.69, 9.17) is 10.2 Å². The second kappa shape index (κ2) is 8.31. The Morgan fingerprint density at radius 2 is 2.12 bits per heavy atom. The van der Waals surface area contributed by atoms with Crippen molar-refractivity contribution in [3.8, 4) is 0 Å². The van der Waals surface area contributed by atoms with E-state index in [1.807, 2.05) is 0 Å². The van der Waals surface area contributed by atoms with Crippen LogP contribution in [0.3, 0.4) is 0 Å². The molecule has 8 heavy (non-hydrogen) atoms. The molecule has 0 spiro atoms. The summed E-state index contributed by atoms with van der Waals surface area (Å²) in [5.41, 5.74) is 0. The van der Waals surface area contributed by atoms with Crippen LogP contribution in [-0.4, -0.2) is 29.5 Å². The molecule has 0 radical (unpaired) electrons. The van der Waals surface area contributed by atoms with E-state index in [1.165, 1.54) is 0 Å². The molecule has 3 nitrogen and oxygen atoms in total. The van der Waals surface area contributed by atoms with E-state index in [0.717, 1.165) is 0 Å². The second-order valence-corrected chi connectivity index (χ2v) is 1.44. The monoisotopic (exact) mass is 146 g/mol. The fraction of sp³-hybridized carbons (Fsp3) is 1.00. The zero-order valence-corrected chi connectivity index (χ0v) is 7.79. The summed E-state index contributed by atoms with van der Waals surface area (Å²) < 4.78 is 4.29. The summed E-state index contributed by atoms with van der Waals surface area (Å²) in [5, 5.41) is 16.6. The molecule has 0 rings (SSSR count). The Morgan fingerprint density at radius 3 is 2.25 bits per heavy atom. The molecule has 0 bridgehead atoms. The van der Waals surface area contributed by atoms with E-state index in [9.17, 15) is 0 Å². The third kappa shape index (κ3) is 7.31. The molecule has 0 saturated carbocycles. The fourth-order valence-corrected chi connectivity index (χ4v) is 0.341. The Balaban J connectivity index is 0. The van der Waals surface area contributed by atoms with Crippen molar-refractivity contribution in [1.82, 2.24) is 0 Å². The van der Waals surface area contributed by atoms with Gasteiger partial charge in [0, 0.05) is 6.61 Å². The Labute approximate surface area is 73.0 Å². The van der Waals surface area contributed by atoms with Gasteiger partial charge in [-0.2, -0.15) is 0 Å². The molecule has 44 valence electrons. The molecular weight excluding hydrogens is 138 g/mol. The summed E-state index contributed by atoms with van der Waals surface area (Å²) in [6.07, 6.45) is -0.766. The first kappa shape index (κ1) is 12.0. The third-order valence-electron chi connectivity index (χ3n) is 0.486. The van der Waals surface area contributed by atoms with E-state index in [2.05, 4.69) is 14.0 Å². The number of rotatable bonds is 3. The smallest absolute Gasteiger partial charge is 0.559 e. The van der Waals surface area contributed by atoms with Crippen LogP contribution in [0.1, 0.15) is 0 Å². The molecule has 5 heteroatoms. The molecule has 0 aromatic carbocycles. The average molecular weight is 146 g/mol. The second-order valence-electron chi connectivity index (χ2n) is 1.15. The Hall–Kier alpha value is 1.31. The number of aliphatic hydroxyl groups is 2. The fourth-order valence-electron chi connectivity index (χ4n) is 0.149. The minimum Gasteiger partial charge on any atom is -0.559 e. The van der Waals surface area contributed by atoms with Crippen LogP contribution in [0, 0.1) is 0 Å². The van der Waals surface area contributed by atoms with Crippen molar-refractivity contribution in [3.63, 3.8) is 0 Å². The van der Waals surface area contributed by atoms with E-state index in [0.29, 0.717) is 0 Å². The predicted octanol–water partition coefficient (Wildman–Crippen LogP) is -3.58. The molecule has 0 saturated heterocycles. The SMILES string of the molecule is OCC(O)CO[PH-].[Na+]. The van der Waals surface area contributed by atoms with Crippen LogP contribution < -0.4 is 29.6 Å². The molecule has 0 fully saturated rings. The summed E-state index contributed by atoms with van der Waals surface area (Å²) in [7, 11) is 2.66. The molecule has 0 aromatic rings. The van der Waals surface area contributed by atoms with Gasteiger partial charge in [-0.25, -0.2) is 0 Å². The van der Waals surface area contributed by atoms with Gasteiger partial charge in [0.15, 0.2) is 0 Å². The minimum atomic E-state index is -0.766. The number of hydrogen-bond acceptors (Lipinski definition) is 3. The average Bonchev–Trinajstić information content (AvgIpc) is 1.68. The van der Waals surface area contributed by atoms with Gasteiger partial charge >= 0.3 is 29.6 Å². The van der Waals surface area contributed by atoms with Crippen molar-refractivity contribution in [2.45, 2.75) is 6.10 Å². The van der Waals surface area contributed by atoms with Crippen molar-refractivity contribution in [1.29, 1.82) is 0 Å². The Bertz CT molecular complexity index is 45.5. The molecule has 0 aromatic heterocycles. The first-order valence-corrected chi connectivity index (χ1v) is 2.29. The van der Waals surface area contributed by atoms with Crippen LogP contribution in [-0.2, 0) is 4.52 Å². The normalized spacial score (nSPS) is 12.4. The van der Waals surface area contributed by atoms with Gasteiger partial charge in [-0.3, -0.25) is 0 Å². The van der Waals surface area contributed by atoms with Gasteiger partial charge < -0.3 is 24.2 Å². The summed E-state index contributed by atoms with van der Waals surface area (Å²) in [6, 6.07) is 0. The van der Waals surface area contributed by atoms with Crippen molar-refractivity contribution in [3.05, 3.63) is 0 Å². The zero-order chi connectivity index (χ0) is 5.70. The predicted molar refractivity (Wildman–Crippen MR) is 27.4 cm³/mol. The van der Waals surface area contributed by atoms with Crippen molar-refractivity contribution in [2.24, 2.45) is 0 Å². The molecule has 0 heterocycles. The quantitative estimate of drug-likeness (QED) is 0.320. The maximum atomic E-state index is 8.45. The van der Waals surface area contributed by atoms with Crippen LogP contribution in [0.5, 0.6) is 0 Å². The van der Waals surface area contributed by atoms with Gasteiger partial charge in [-0.05, 0) is 0 Å². The van der Waals surface area contributed by atoms with Gasteiger partial charge in [0.25, 0.3) is 0 Å². The van der Waals surface area contributed by atoms with E-state index >= 15 is 0 Å². The molecule has 1 atom stereocenters.